The topological polar surface area (TPSA) is 97.8 Å². The highest BCUT2D eigenvalue weighted by Crippen LogP contribution is 2.29. The molecule has 0 unspecified atom stereocenters. The molecule has 2 N–H and O–H groups in total. The number of nitrogens with zero attached hydrogens (tertiary/aromatic N) is 1. The molecule has 0 aliphatic heterocycles. The Balaban J connectivity index is 1.72. The molecule has 0 spiro atoms. The number of methoxy groups -OCH3 is 1. The molecule has 7 nitrogen and oxygen atoms in total. The van der Waals surface area contributed by atoms with Gasteiger partial charge in [0.25, 0.3) is 5.91 Å². The Labute approximate surface area is 221 Å². The number of benzene rings is 2. The van der Waals surface area contributed by atoms with Crippen molar-refractivity contribution in [3.63, 3.8) is 0 Å². The van der Waals surface area contributed by atoms with Gasteiger partial charge in [-0.3, -0.25) is 10.1 Å². The molecule has 0 saturated heterocycles. The Bertz CT molecular complexity index is 1320. The average Bonchev–Trinajstić information content (AvgIpc) is 3.32. The lowest BCUT2D eigenvalue weighted by Crippen LogP contribution is -2.13. The number of amides is 1. The molecule has 3 rings (SSSR count). The van der Waals surface area contributed by atoms with E-state index in [1.54, 1.807) is 23.6 Å². The third-order valence-corrected chi connectivity index (χ3v) is 6.21. The van der Waals surface area contributed by atoms with Gasteiger partial charge in [0.05, 0.1) is 19.4 Å². The van der Waals surface area contributed by atoms with E-state index in [0.717, 1.165) is 43.4 Å². The molecule has 1 heterocycles. The minimum atomic E-state index is -1.51. The molecule has 0 bridgehead atoms. The van der Waals surface area contributed by atoms with Crippen molar-refractivity contribution in [3.05, 3.63) is 75.6 Å². The Morgan fingerprint density at radius 3 is 2.53 bits per heavy atom. The summed E-state index contributed by atoms with van der Waals surface area (Å²) >= 11 is 1.02. The van der Waals surface area contributed by atoms with Crippen LogP contribution in [-0.4, -0.2) is 35.7 Å². The van der Waals surface area contributed by atoms with Gasteiger partial charge >= 0.3 is 5.97 Å². The van der Waals surface area contributed by atoms with Crippen molar-refractivity contribution in [2.75, 3.05) is 19.0 Å². The van der Waals surface area contributed by atoms with Crippen LogP contribution in [0.2, 0.25) is 0 Å². The second-order valence-electron chi connectivity index (χ2n) is 8.73. The zero-order valence-corrected chi connectivity index (χ0v) is 21.8. The molecule has 0 atom stereocenters. The molecule has 2 aromatic carbocycles. The number of carbonyl (C=O) groups is 2. The smallest absolute Gasteiger partial charge is 0.371 e. The summed E-state index contributed by atoms with van der Waals surface area (Å²) < 4.78 is 54.2. The van der Waals surface area contributed by atoms with Crippen LogP contribution in [-0.2, 0) is 20.9 Å². The molecule has 0 fully saturated rings. The summed E-state index contributed by atoms with van der Waals surface area (Å²) in [5.74, 6) is -5.27. The molecule has 202 valence electrons. The van der Waals surface area contributed by atoms with Gasteiger partial charge in [0.2, 0.25) is 5.76 Å². The number of ether oxygens (including phenoxy) is 2. The molecule has 0 aliphatic carbocycles. The number of aromatic nitrogens is 1. The third kappa shape index (κ3) is 7.42. The maximum atomic E-state index is 15.1. The van der Waals surface area contributed by atoms with Crippen molar-refractivity contribution in [1.29, 1.82) is 0 Å². The second kappa shape index (κ2) is 13.2. The van der Waals surface area contributed by atoms with Gasteiger partial charge in [0, 0.05) is 40.3 Å². The van der Waals surface area contributed by atoms with Gasteiger partial charge in [-0.05, 0) is 37.0 Å². The monoisotopic (exact) mass is 548 g/mol. The number of carbonyl (C=O) groups excluding carboxylic acids is 1. The average molecular weight is 549 g/mol. The maximum Gasteiger partial charge on any atom is 0.371 e. The normalized spacial score (nSPS) is 11.6. The predicted octanol–water partition coefficient (Wildman–Crippen LogP) is 6.50. The first-order valence-corrected chi connectivity index (χ1v) is 12.6. The molecule has 0 radical (unpaired) electrons. The molecule has 0 saturated carbocycles. The highest BCUT2D eigenvalue weighted by atomic mass is 32.1. The quantitative estimate of drug-likeness (QED) is 0.152. The van der Waals surface area contributed by atoms with Gasteiger partial charge in [-0.1, -0.05) is 26.0 Å². The van der Waals surface area contributed by atoms with Gasteiger partial charge < -0.3 is 14.6 Å². The minimum absolute atomic E-state index is 0.0945. The number of aliphatic carboxylic acids is 1. The zero-order chi connectivity index (χ0) is 27.8. The SMILES string of the molecule is COC(=Cc1c(F)cc(C(=O)Nc2nc(-c3cccc(COCCCC(C)C)c3F)cs2)cc1F)C(=O)O. The first-order valence-electron chi connectivity index (χ1n) is 11.7. The fraction of sp³-hybridized carbons (Fsp3) is 0.296. The first-order chi connectivity index (χ1) is 18.1. The summed E-state index contributed by atoms with van der Waals surface area (Å²) in [5.41, 5.74) is -0.137. The summed E-state index contributed by atoms with van der Waals surface area (Å²) in [5, 5.41) is 13.1. The molecule has 38 heavy (non-hydrogen) atoms. The lowest BCUT2D eigenvalue weighted by molar-refractivity contribution is -0.135. The summed E-state index contributed by atoms with van der Waals surface area (Å²) in [6.07, 6.45) is 2.59. The number of nitrogens with one attached hydrogen (secondary N) is 1. The van der Waals surface area contributed by atoms with Crippen LogP contribution < -0.4 is 5.32 Å². The number of anilines is 1. The highest BCUT2D eigenvalue weighted by Gasteiger charge is 2.19. The van der Waals surface area contributed by atoms with Gasteiger partial charge in [0.1, 0.15) is 17.5 Å². The van der Waals surface area contributed by atoms with Crippen LogP contribution in [0.3, 0.4) is 0 Å². The van der Waals surface area contributed by atoms with Gasteiger partial charge in [-0.15, -0.1) is 11.3 Å². The summed E-state index contributed by atoms with van der Waals surface area (Å²) in [7, 11) is 1.05. The molecular weight excluding hydrogens is 521 g/mol. The van der Waals surface area contributed by atoms with Gasteiger partial charge in [-0.2, -0.15) is 0 Å². The molecule has 11 heteroatoms. The maximum absolute atomic E-state index is 15.1. The Morgan fingerprint density at radius 1 is 1.18 bits per heavy atom. The number of carboxylic acids is 1. The van der Waals surface area contributed by atoms with Crippen molar-refractivity contribution < 1.29 is 37.3 Å². The summed E-state index contributed by atoms with van der Waals surface area (Å²) in [6.45, 7) is 4.90. The van der Waals surface area contributed by atoms with Crippen LogP contribution in [0.15, 0.2) is 41.5 Å². The van der Waals surface area contributed by atoms with E-state index in [1.807, 2.05) is 0 Å². The predicted molar refractivity (Wildman–Crippen MR) is 138 cm³/mol. The molecular formula is C27H27F3N2O5S. The third-order valence-electron chi connectivity index (χ3n) is 5.45. The van der Waals surface area contributed by atoms with Crippen LogP contribution in [0.5, 0.6) is 0 Å². The Kier molecular flexibility index (Phi) is 10.0. The van der Waals surface area contributed by atoms with Crippen molar-refractivity contribution in [3.8, 4) is 11.3 Å². The zero-order valence-electron chi connectivity index (χ0n) is 21.0. The van der Waals surface area contributed by atoms with E-state index in [4.69, 9.17) is 9.84 Å². The number of hydrogen-bond acceptors (Lipinski definition) is 6. The van der Waals surface area contributed by atoms with E-state index in [0.29, 0.717) is 24.2 Å². The Hall–Kier alpha value is -3.70. The fourth-order valence-electron chi connectivity index (χ4n) is 3.48. The van der Waals surface area contributed by atoms with Crippen molar-refractivity contribution >= 4 is 34.4 Å². The van der Waals surface area contributed by atoms with Crippen LogP contribution in [0.25, 0.3) is 17.3 Å². The van der Waals surface area contributed by atoms with Crippen molar-refractivity contribution in [2.45, 2.75) is 33.3 Å². The van der Waals surface area contributed by atoms with E-state index in [1.165, 1.54) is 0 Å². The van der Waals surface area contributed by atoms with Crippen LogP contribution >= 0.6 is 11.3 Å². The van der Waals surface area contributed by atoms with E-state index in [2.05, 4.69) is 28.9 Å². The molecule has 0 aliphatic rings. The molecule has 1 aromatic heterocycles. The van der Waals surface area contributed by atoms with E-state index < -0.39 is 40.7 Å². The number of halogens is 3. The van der Waals surface area contributed by atoms with Crippen LogP contribution in [0, 0.1) is 23.4 Å². The van der Waals surface area contributed by atoms with Crippen LogP contribution in [0.4, 0.5) is 18.3 Å². The van der Waals surface area contributed by atoms with E-state index in [-0.39, 0.29) is 28.6 Å². The highest BCUT2D eigenvalue weighted by molar-refractivity contribution is 7.14. The first kappa shape index (κ1) is 28.9. The van der Waals surface area contributed by atoms with Gasteiger partial charge in [-0.25, -0.2) is 22.9 Å². The van der Waals surface area contributed by atoms with Gasteiger partial charge in [0.15, 0.2) is 5.13 Å². The largest absolute Gasteiger partial charge is 0.490 e. The molecule has 1 amide bonds. The number of carboxylic acid groups (broad SMARTS) is 1. The van der Waals surface area contributed by atoms with Crippen LogP contribution in [0.1, 0.15) is 48.2 Å². The summed E-state index contributed by atoms with van der Waals surface area (Å²) in [6, 6.07) is 6.39. The second-order valence-corrected chi connectivity index (χ2v) is 9.59. The lowest BCUT2D eigenvalue weighted by Gasteiger charge is -2.09. The Morgan fingerprint density at radius 2 is 1.89 bits per heavy atom. The minimum Gasteiger partial charge on any atom is -0.490 e. The molecule has 3 aromatic rings. The lowest BCUT2D eigenvalue weighted by atomic mass is 10.1. The standard InChI is InChI=1S/C27H27F3N2O5S/c1-15(2)6-5-9-37-13-16-7-4-8-18(24(16)30)22-14-38-27(31-22)32-25(33)17-10-20(28)19(21(29)11-17)12-23(36-3)26(34)35/h4,7-8,10-12,14-15H,5-6,9,13H2,1-3H3,(H,34,35)(H,31,32,33). The number of hydrogen-bond donors (Lipinski definition) is 2. The summed E-state index contributed by atoms with van der Waals surface area (Å²) in [4.78, 5) is 27.9. The number of thiazole rings is 1. The van der Waals surface area contributed by atoms with E-state index >= 15 is 4.39 Å². The van der Waals surface area contributed by atoms with Crippen molar-refractivity contribution in [1.82, 2.24) is 4.98 Å². The van der Waals surface area contributed by atoms with E-state index in [9.17, 15) is 18.4 Å². The number of rotatable bonds is 12. The fourth-order valence-corrected chi connectivity index (χ4v) is 4.19. The van der Waals surface area contributed by atoms with Crippen molar-refractivity contribution in [2.24, 2.45) is 5.92 Å².